The molecule has 0 bridgehead atoms. The second kappa shape index (κ2) is 3.20. The van der Waals surface area contributed by atoms with Gasteiger partial charge in [0.2, 0.25) is 0 Å². The van der Waals surface area contributed by atoms with Crippen molar-refractivity contribution in [1.82, 2.24) is 0 Å². The predicted octanol–water partition coefficient (Wildman–Crippen LogP) is 3.33. The normalized spacial score (nSPS) is 35.3. The van der Waals surface area contributed by atoms with Gasteiger partial charge in [-0.15, -0.1) is 0 Å². The van der Waals surface area contributed by atoms with E-state index < -0.39 is 0 Å². The van der Waals surface area contributed by atoms with Crippen molar-refractivity contribution >= 4 is 21.6 Å². The van der Waals surface area contributed by atoms with Crippen molar-refractivity contribution in [1.29, 1.82) is 0 Å². The summed E-state index contributed by atoms with van der Waals surface area (Å²) in [6.45, 7) is 4.66. The first-order valence-corrected chi connectivity index (χ1v) is 5.89. The average Bonchev–Trinajstić information content (AvgIpc) is 2.16. The summed E-state index contributed by atoms with van der Waals surface area (Å²) >= 11 is 0. The Hall–Kier alpha value is 0.700. The molecule has 0 amide bonds. The molecule has 0 aliphatic carbocycles. The van der Waals surface area contributed by atoms with Crippen LogP contribution in [0.3, 0.4) is 0 Å². The molecule has 0 aromatic rings. The fourth-order valence-electron chi connectivity index (χ4n) is 1.18. The topological polar surface area (TPSA) is 0 Å². The summed E-state index contributed by atoms with van der Waals surface area (Å²) in [5, 5.41) is 0. The molecular weight excluding hydrogens is 148 g/mol. The van der Waals surface area contributed by atoms with Crippen molar-refractivity contribution in [2.45, 2.75) is 37.9 Å². The molecule has 1 fully saturated rings. The first-order valence-electron chi connectivity index (χ1n) is 3.57. The van der Waals surface area contributed by atoms with Crippen LogP contribution in [0, 0.1) is 0 Å². The minimum atomic E-state index is 0.624. The first-order chi connectivity index (χ1) is 4.27. The average molecular weight is 162 g/mol. The van der Waals surface area contributed by atoms with Gasteiger partial charge in [0.15, 0.2) is 0 Å². The molecule has 9 heavy (non-hydrogen) atoms. The quantitative estimate of drug-likeness (QED) is 0.571. The Kier molecular flexibility index (Phi) is 2.77. The fourth-order valence-corrected chi connectivity index (χ4v) is 4.54. The van der Waals surface area contributed by atoms with Crippen LogP contribution in [0.2, 0.25) is 0 Å². The molecular formula is C7H14S2. The van der Waals surface area contributed by atoms with Crippen molar-refractivity contribution in [2.75, 3.05) is 5.75 Å². The summed E-state index contributed by atoms with van der Waals surface area (Å²) in [7, 11) is 4.12. The largest absolute Gasteiger partial charge is 0.0935 e. The molecule has 0 spiro atoms. The smallest absolute Gasteiger partial charge is 0.0243 e. The van der Waals surface area contributed by atoms with Crippen LogP contribution in [0.25, 0.3) is 0 Å². The summed E-state index contributed by atoms with van der Waals surface area (Å²) in [6, 6.07) is 0. The minimum absolute atomic E-state index is 0.624. The molecule has 1 aliphatic rings. The van der Waals surface area contributed by atoms with Gasteiger partial charge in [0, 0.05) is 10.5 Å². The minimum Gasteiger partial charge on any atom is -0.0935 e. The van der Waals surface area contributed by atoms with Gasteiger partial charge >= 0.3 is 0 Å². The lowest BCUT2D eigenvalue weighted by molar-refractivity contribution is 0.572. The molecule has 1 atom stereocenters. The van der Waals surface area contributed by atoms with Crippen LogP contribution >= 0.6 is 21.6 Å². The van der Waals surface area contributed by atoms with Gasteiger partial charge in [-0.2, -0.15) is 0 Å². The molecule has 1 rings (SSSR count). The maximum atomic E-state index is 2.39. The predicted molar refractivity (Wildman–Crippen MR) is 48.0 cm³/mol. The van der Waals surface area contributed by atoms with Crippen LogP contribution in [-0.2, 0) is 0 Å². The van der Waals surface area contributed by atoms with E-state index in [1.54, 1.807) is 0 Å². The van der Waals surface area contributed by atoms with Gasteiger partial charge in [-0.05, 0) is 19.8 Å². The van der Waals surface area contributed by atoms with E-state index in [0.717, 1.165) is 0 Å². The van der Waals surface area contributed by atoms with E-state index in [0.29, 0.717) is 4.75 Å². The monoisotopic (exact) mass is 162 g/mol. The second-order valence-corrected chi connectivity index (χ2v) is 5.86. The van der Waals surface area contributed by atoms with Gasteiger partial charge in [0.1, 0.15) is 0 Å². The lowest BCUT2D eigenvalue weighted by Gasteiger charge is -2.19. The van der Waals surface area contributed by atoms with Crippen LogP contribution in [0.5, 0.6) is 0 Å². The third-order valence-electron chi connectivity index (χ3n) is 1.75. The standard InChI is InChI=1S/C7H14S2/c1-3-4-7(2)5-6-8-9-7/h3-6H2,1-2H3. The Balaban J connectivity index is 2.32. The highest BCUT2D eigenvalue weighted by atomic mass is 33.1. The van der Waals surface area contributed by atoms with Gasteiger partial charge < -0.3 is 0 Å². The Morgan fingerprint density at radius 1 is 1.56 bits per heavy atom. The molecule has 0 nitrogen and oxygen atoms in total. The molecule has 0 aromatic carbocycles. The van der Waals surface area contributed by atoms with Crippen molar-refractivity contribution < 1.29 is 0 Å². The van der Waals surface area contributed by atoms with Gasteiger partial charge in [-0.1, -0.05) is 34.9 Å². The first kappa shape index (κ1) is 7.80. The van der Waals surface area contributed by atoms with E-state index in [4.69, 9.17) is 0 Å². The van der Waals surface area contributed by atoms with Crippen molar-refractivity contribution in [2.24, 2.45) is 0 Å². The summed E-state index contributed by atoms with van der Waals surface area (Å²) in [6.07, 6.45) is 4.14. The number of rotatable bonds is 2. The molecule has 0 aromatic heterocycles. The maximum Gasteiger partial charge on any atom is 0.0243 e. The molecule has 1 unspecified atom stereocenters. The Bertz CT molecular complexity index is 84.9. The van der Waals surface area contributed by atoms with E-state index in [-0.39, 0.29) is 0 Å². The van der Waals surface area contributed by atoms with E-state index >= 15 is 0 Å². The Labute approximate surface area is 65.6 Å². The molecule has 54 valence electrons. The van der Waals surface area contributed by atoms with E-state index in [1.807, 2.05) is 10.8 Å². The fraction of sp³-hybridized carbons (Fsp3) is 1.00. The number of hydrogen-bond acceptors (Lipinski definition) is 2. The second-order valence-electron chi connectivity index (χ2n) is 2.86. The highest BCUT2D eigenvalue weighted by molar-refractivity contribution is 8.77. The maximum absolute atomic E-state index is 2.39. The van der Waals surface area contributed by atoms with Crippen LogP contribution in [0.15, 0.2) is 0 Å². The van der Waals surface area contributed by atoms with E-state index in [9.17, 15) is 0 Å². The SMILES string of the molecule is CCCC1(C)CCSS1. The van der Waals surface area contributed by atoms with Crippen LogP contribution in [-0.4, -0.2) is 10.5 Å². The van der Waals surface area contributed by atoms with Crippen LogP contribution in [0.1, 0.15) is 33.1 Å². The Morgan fingerprint density at radius 2 is 2.33 bits per heavy atom. The molecule has 1 heterocycles. The van der Waals surface area contributed by atoms with E-state index in [1.165, 1.54) is 25.0 Å². The lowest BCUT2D eigenvalue weighted by Crippen LogP contribution is -2.14. The Morgan fingerprint density at radius 3 is 2.78 bits per heavy atom. The zero-order chi connectivity index (χ0) is 6.74. The van der Waals surface area contributed by atoms with E-state index in [2.05, 4.69) is 24.6 Å². The van der Waals surface area contributed by atoms with Crippen molar-refractivity contribution in [3.63, 3.8) is 0 Å². The van der Waals surface area contributed by atoms with Crippen molar-refractivity contribution in [3.05, 3.63) is 0 Å². The van der Waals surface area contributed by atoms with Gasteiger partial charge in [-0.3, -0.25) is 0 Å². The summed E-state index contributed by atoms with van der Waals surface area (Å²) in [5.41, 5.74) is 0. The van der Waals surface area contributed by atoms with Crippen LogP contribution < -0.4 is 0 Å². The molecule has 0 saturated carbocycles. The third kappa shape index (κ3) is 2.08. The molecule has 1 aliphatic heterocycles. The summed E-state index contributed by atoms with van der Waals surface area (Å²) in [4.78, 5) is 0. The molecule has 0 radical (unpaired) electrons. The third-order valence-corrected chi connectivity index (χ3v) is 5.11. The zero-order valence-electron chi connectivity index (χ0n) is 6.14. The van der Waals surface area contributed by atoms with Gasteiger partial charge in [0.05, 0.1) is 0 Å². The molecule has 1 saturated heterocycles. The summed E-state index contributed by atoms with van der Waals surface area (Å²) < 4.78 is 0.624. The molecule has 0 N–H and O–H groups in total. The lowest BCUT2D eigenvalue weighted by atomic mass is 10.0. The summed E-state index contributed by atoms with van der Waals surface area (Å²) in [5.74, 6) is 1.36. The van der Waals surface area contributed by atoms with Crippen LogP contribution in [0.4, 0.5) is 0 Å². The number of hydrogen-bond donors (Lipinski definition) is 0. The molecule has 2 heteroatoms. The van der Waals surface area contributed by atoms with Crippen molar-refractivity contribution in [3.8, 4) is 0 Å². The van der Waals surface area contributed by atoms with Gasteiger partial charge in [-0.25, -0.2) is 0 Å². The highest BCUT2D eigenvalue weighted by Gasteiger charge is 2.28. The zero-order valence-corrected chi connectivity index (χ0v) is 7.78. The van der Waals surface area contributed by atoms with Gasteiger partial charge in [0.25, 0.3) is 0 Å². The highest BCUT2D eigenvalue weighted by Crippen LogP contribution is 2.48.